The maximum Gasteiger partial charge on any atom is 0.307 e. The Kier molecular flexibility index (Phi) is 5.20. The van der Waals surface area contributed by atoms with Gasteiger partial charge < -0.3 is 10.4 Å². The molecule has 2 aromatic carbocycles. The largest absolute Gasteiger partial charge is 0.481 e. The molecular formula is C15H13Br2NO2. The van der Waals surface area contributed by atoms with Crippen molar-refractivity contribution in [2.75, 3.05) is 5.32 Å². The van der Waals surface area contributed by atoms with Crippen molar-refractivity contribution >= 4 is 43.5 Å². The average molecular weight is 399 g/mol. The summed E-state index contributed by atoms with van der Waals surface area (Å²) in [7, 11) is 0. The van der Waals surface area contributed by atoms with Crippen molar-refractivity contribution in [2.45, 2.75) is 13.0 Å². The summed E-state index contributed by atoms with van der Waals surface area (Å²) in [5.41, 5.74) is 2.93. The van der Waals surface area contributed by atoms with Gasteiger partial charge in [0.05, 0.1) is 6.42 Å². The summed E-state index contributed by atoms with van der Waals surface area (Å²) in [6.07, 6.45) is 0.0615. The third-order valence-corrected chi connectivity index (χ3v) is 3.94. The molecule has 0 atom stereocenters. The van der Waals surface area contributed by atoms with Gasteiger partial charge in [-0.1, -0.05) is 40.2 Å². The van der Waals surface area contributed by atoms with E-state index in [4.69, 9.17) is 5.11 Å². The number of hydrogen-bond donors (Lipinski definition) is 2. The third kappa shape index (κ3) is 4.35. The zero-order valence-corrected chi connectivity index (χ0v) is 13.7. The summed E-state index contributed by atoms with van der Waals surface area (Å²) in [5.74, 6) is -0.810. The highest BCUT2D eigenvalue weighted by atomic mass is 79.9. The predicted octanol–water partition coefficient (Wildman–Crippen LogP) is 4.45. The molecule has 3 nitrogen and oxygen atoms in total. The Morgan fingerprint density at radius 3 is 2.30 bits per heavy atom. The molecule has 0 unspecified atom stereocenters. The maximum absolute atomic E-state index is 10.6. The summed E-state index contributed by atoms with van der Waals surface area (Å²) in [6.45, 7) is 0.688. The van der Waals surface area contributed by atoms with E-state index in [0.29, 0.717) is 6.54 Å². The average Bonchev–Trinajstić information content (AvgIpc) is 2.39. The van der Waals surface area contributed by atoms with Gasteiger partial charge in [0.25, 0.3) is 0 Å². The standard InChI is InChI=1S/C15H13Br2NO2/c16-12-5-6-14(13(17)8-12)18-9-11-3-1-10(2-4-11)7-15(19)20/h1-6,8,18H,7,9H2,(H,19,20). The molecule has 104 valence electrons. The zero-order valence-electron chi connectivity index (χ0n) is 10.6. The van der Waals surface area contributed by atoms with Crippen molar-refractivity contribution in [2.24, 2.45) is 0 Å². The van der Waals surface area contributed by atoms with E-state index in [-0.39, 0.29) is 6.42 Å². The fraction of sp³-hybridized carbons (Fsp3) is 0.133. The van der Waals surface area contributed by atoms with E-state index in [1.807, 2.05) is 42.5 Å². The van der Waals surface area contributed by atoms with Crippen molar-refractivity contribution in [1.82, 2.24) is 0 Å². The van der Waals surface area contributed by atoms with Crippen LogP contribution in [-0.2, 0) is 17.8 Å². The topological polar surface area (TPSA) is 49.3 Å². The van der Waals surface area contributed by atoms with Crippen LogP contribution < -0.4 is 5.32 Å². The van der Waals surface area contributed by atoms with Crippen LogP contribution in [0, 0.1) is 0 Å². The van der Waals surface area contributed by atoms with Crippen molar-refractivity contribution in [1.29, 1.82) is 0 Å². The minimum atomic E-state index is -0.810. The summed E-state index contributed by atoms with van der Waals surface area (Å²) in [5, 5.41) is 12.1. The number of benzene rings is 2. The predicted molar refractivity (Wildman–Crippen MR) is 87.0 cm³/mol. The second-order valence-electron chi connectivity index (χ2n) is 4.36. The molecule has 2 rings (SSSR count). The number of carboxylic acid groups (broad SMARTS) is 1. The van der Waals surface area contributed by atoms with Crippen LogP contribution >= 0.6 is 31.9 Å². The van der Waals surface area contributed by atoms with Crippen molar-refractivity contribution in [3.05, 3.63) is 62.5 Å². The lowest BCUT2D eigenvalue weighted by Gasteiger charge is -2.09. The van der Waals surface area contributed by atoms with Gasteiger partial charge in [-0.05, 0) is 45.3 Å². The Hall–Kier alpha value is -1.33. The van der Waals surface area contributed by atoms with Gasteiger partial charge in [0, 0.05) is 21.2 Å². The fourth-order valence-corrected chi connectivity index (χ4v) is 2.97. The van der Waals surface area contributed by atoms with Gasteiger partial charge >= 0.3 is 5.97 Å². The first-order valence-electron chi connectivity index (χ1n) is 6.03. The van der Waals surface area contributed by atoms with Crippen LogP contribution in [0.5, 0.6) is 0 Å². The number of nitrogens with one attached hydrogen (secondary N) is 1. The first kappa shape index (κ1) is 15.1. The van der Waals surface area contributed by atoms with E-state index in [9.17, 15) is 4.79 Å². The second kappa shape index (κ2) is 6.90. The van der Waals surface area contributed by atoms with Crippen LogP contribution in [0.15, 0.2) is 51.4 Å². The number of carboxylic acids is 1. The molecule has 0 aromatic heterocycles. The van der Waals surface area contributed by atoms with Crippen molar-refractivity contribution < 1.29 is 9.90 Å². The Bertz CT molecular complexity index is 612. The van der Waals surface area contributed by atoms with Crippen LogP contribution in [0.4, 0.5) is 5.69 Å². The zero-order chi connectivity index (χ0) is 14.5. The number of halogens is 2. The molecule has 0 bridgehead atoms. The monoisotopic (exact) mass is 397 g/mol. The van der Waals surface area contributed by atoms with E-state index < -0.39 is 5.97 Å². The molecule has 5 heteroatoms. The molecule has 0 saturated carbocycles. The minimum Gasteiger partial charge on any atom is -0.481 e. The van der Waals surface area contributed by atoms with Gasteiger partial charge in [-0.3, -0.25) is 4.79 Å². The van der Waals surface area contributed by atoms with Gasteiger partial charge in [0.1, 0.15) is 0 Å². The first-order valence-corrected chi connectivity index (χ1v) is 7.62. The van der Waals surface area contributed by atoms with Crippen LogP contribution in [-0.4, -0.2) is 11.1 Å². The Balaban J connectivity index is 1.98. The quantitative estimate of drug-likeness (QED) is 0.782. The summed E-state index contributed by atoms with van der Waals surface area (Å²) < 4.78 is 2.02. The molecule has 0 heterocycles. The van der Waals surface area contributed by atoms with E-state index in [0.717, 1.165) is 25.8 Å². The minimum absolute atomic E-state index is 0.0615. The van der Waals surface area contributed by atoms with E-state index >= 15 is 0 Å². The van der Waals surface area contributed by atoms with Crippen LogP contribution in [0.1, 0.15) is 11.1 Å². The highest BCUT2D eigenvalue weighted by Crippen LogP contribution is 2.26. The second-order valence-corrected chi connectivity index (χ2v) is 6.13. The molecule has 2 aromatic rings. The Labute approximate surface area is 134 Å². The molecule has 0 aliphatic rings. The SMILES string of the molecule is O=C(O)Cc1ccc(CNc2ccc(Br)cc2Br)cc1. The third-order valence-electron chi connectivity index (χ3n) is 2.79. The van der Waals surface area contributed by atoms with Crippen LogP contribution in [0.2, 0.25) is 0 Å². The number of hydrogen-bond acceptors (Lipinski definition) is 2. The van der Waals surface area contributed by atoms with E-state index in [2.05, 4.69) is 37.2 Å². The van der Waals surface area contributed by atoms with Gasteiger partial charge in [-0.25, -0.2) is 0 Å². The van der Waals surface area contributed by atoms with Gasteiger partial charge in [0.2, 0.25) is 0 Å². The molecule has 0 spiro atoms. The molecule has 0 saturated heterocycles. The molecule has 0 aliphatic carbocycles. The van der Waals surface area contributed by atoms with Gasteiger partial charge in [0.15, 0.2) is 0 Å². The fourth-order valence-electron chi connectivity index (χ4n) is 1.78. The van der Waals surface area contributed by atoms with Crippen molar-refractivity contribution in [3.63, 3.8) is 0 Å². The van der Waals surface area contributed by atoms with E-state index in [1.54, 1.807) is 0 Å². The highest BCUT2D eigenvalue weighted by molar-refractivity contribution is 9.11. The Morgan fingerprint density at radius 1 is 1.05 bits per heavy atom. The maximum atomic E-state index is 10.6. The number of rotatable bonds is 5. The lowest BCUT2D eigenvalue weighted by atomic mass is 10.1. The normalized spacial score (nSPS) is 10.3. The van der Waals surface area contributed by atoms with Gasteiger partial charge in [-0.15, -0.1) is 0 Å². The summed E-state index contributed by atoms with van der Waals surface area (Å²) in [4.78, 5) is 10.6. The summed E-state index contributed by atoms with van der Waals surface area (Å²) >= 11 is 6.92. The summed E-state index contributed by atoms with van der Waals surface area (Å²) in [6, 6.07) is 13.5. The molecule has 20 heavy (non-hydrogen) atoms. The van der Waals surface area contributed by atoms with Crippen LogP contribution in [0.25, 0.3) is 0 Å². The number of aliphatic carboxylic acids is 1. The van der Waals surface area contributed by atoms with E-state index in [1.165, 1.54) is 0 Å². The number of anilines is 1. The van der Waals surface area contributed by atoms with Gasteiger partial charge in [-0.2, -0.15) is 0 Å². The molecule has 2 N–H and O–H groups in total. The lowest BCUT2D eigenvalue weighted by Crippen LogP contribution is -2.02. The molecule has 0 amide bonds. The molecule has 0 fully saturated rings. The first-order chi connectivity index (χ1) is 9.54. The smallest absolute Gasteiger partial charge is 0.307 e. The number of carbonyl (C=O) groups is 1. The lowest BCUT2D eigenvalue weighted by molar-refractivity contribution is -0.136. The Morgan fingerprint density at radius 2 is 1.70 bits per heavy atom. The molecular weight excluding hydrogens is 386 g/mol. The molecule has 0 radical (unpaired) electrons. The molecule has 0 aliphatic heterocycles. The van der Waals surface area contributed by atoms with Crippen molar-refractivity contribution in [3.8, 4) is 0 Å². The highest BCUT2D eigenvalue weighted by Gasteiger charge is 2.02. The van der Waals surface area contributed by atoms with Crippen LogP contribution in [0.3, 0.4) is 0 Å².